The van der Waals surface area contributed by atoms with Crippen LogP contribution in [0.3, 0.4) is 0 Å². The summed E-state index contributed by atoms with van der Waals surface area (Å²) in [6, 6.07) is 5.60. The molecule has 0 saturated carbocycles. The number of benzene rings is 1. The number of carbonyl (C=O) groups is 1. The topological polar surface area (TPSA) is 70.1 Å². The summed E-state index contributed by atoms with van der Waals surface area (Å²) in [4.78, 5) is 15.6. The van der Waals surface area contributed by atoms with Crippen molar-refractivity contribution in [1.82, 2.24) is 9.55 Å². The van der Waals surface area contributed by atoms with Crippen molar-refractivity contribution in [3.8, 4) is 0 Å². The molecule has 1 aromatic heterocycles. The van der Waals surface area contributed by atoms with Gasteiger partial charge in [0.15, 0.2) is 0 Å². The van der Waals surface area contributed by atoms with Gasteiger partial charge in [-0.25, -0.2) is 4.98 Å². The number of imidazole rings is 1. The number of aromatic nitrogens is 2. The molecule has 0 atom stereocenters. The average Bonchev–Trinajstić information content (AvgIpc) is 2.56. The molecule has 17 heavy (non-hydrogen) atoms. The first-order chi connectivity index (χ1) is 8.11. The maximum Gasteiger partial charge on any atom is 0.326 e. The molecule has 0 fully saturated rings. The molecule has 0 amide bonds. The summed E-state index contributed by atoms with van der Waals surface area (Å²) < 4.78 is 7.44. The second kappa shape index (κ2) is 4.75. The quantitative estimate of drug-likeness (QED) is 0.879. The van der Waals surface area contributed by atoms with Gasteiger partial charge in [-0.3, -0.25) is 9.36 Å². The van der Waals surface area contributed by atoms with Crippen molar-refractivity contribution in [2.24, 2.45) is 0 Å². The van der Waals surface area contributed by atoms with E-state index in [1.807, 2.05) is 18.2 Å². The molecular weight excluding hydrogens is 286 g/mol. The molecule has 0 unspecified atom stereocenters. The highest BCUT2D eigenvalue weighted by atomic mass is 79.9. The third kappa shape index (κ3) is 2.41. The largest absolute Gasteiger partial charge is 0.465 e. The van der Waals surface area contributed by atoms with E-state index in [2.05, 4.69) is 20.9 Å². The maximum atomic E-state index is 11.5. The molecule has 0 radical (unpaired) electrons. The molecule has 1 heterocycles. The Balaban J connectivity index is 2.41. The zero-order valence-electron chi connectivity index (χ0n) is 9.31. The summed E-state index contributed by atoms with van der Waals surface area (Å²) in [7, 11) is 0. The van der Waals surface area contributed by atoms with Crippen molar-refractivity contribution in [3.05, 3.63) is 22.7 Å². The van der Waals surface area contributed by atoms with Crippen molar-refractivity contribution in [1.29, 1.82) is 0 Å². The van der Waals surface area contributed by atoms with E-state index in [-0.39, 0.29) is 12.5 Å². The predicted molar refractivity (Wildman–Crippen MR) is 68.5 cm³/mol. The van der Waals surface area contributed by atoms with Crippen LogP contribution in [0.4, 0.5) is 5.95 Å². The first-order valence-electron chi connectivity index (χ1n) is 5.18. The number of nitrogen functional groups attached to an aromatic ring is 1. The Morgan fingerprint density at radius 2 is 2.35 bits per heavy atom. The zero-order valence-corrected chi connectivity index (χ0v) is 10.9. The van der Waals surface area contributed by atoms with E-state index < -0.39 is 0 Å². The predicted octanol–water partition coefficient (Wildman–Crippen LogP) is 1.94. The Labute approximate surface area is 107 Å². The number of anilines is 1. The Kier molecular flexibility index (Phi) is 3.33. The van der Waals surface area contributed by atoms with Crippen LogP contribution in [0, 0.1) is 0 Å². The minimum atomic E-state index is -0.321. The number of ether oxygens (including phenoxy) is 1. The van der Waals surface area contributed by atoms with Crippen molar-refractivity contribution < 1.29 is 9.53 Å². The van der Waals surface area contributed by atoms with Crippen LogP contribution in [0.1, 0.15) is 6.92 Å². The molecule has 2 aromatic rings. The van der Waals surface area contributed by atoms with Gasteiger partial charge < -0.3 is 10.5 Å². The Hall–Kier alpha value is -1.56. The average molecular weight is 298 g/mol. The van der Waals surface area contributed by atoms with Gasteiger partial charge in [0.05, 0.1) is 17.6 Å². The van der Waals surface area contributed by atoms with Gasteiger partial charge in [-0.2, -0.15) is 0 Å². The van der Waals surface area contributed by atoms with Crippen LogP contribution in [-0.2, 0) is 16.1 Å². The molecule has 2 rings (SSSR count). The molecule has 1 aromatic carbocycles. The van der Waals surface area contributed by atoms with Crippen molar-refractivity contribution in [3.63, 3.8) is 0 Å². The molecule has 5 nitrogen and oxygen atoms in total. The summed E-state index contributed by atoms with van der Waals surface area (Å²) >= 11 is 3.37. The van der Waals surface area contributed by atoms with Gasteiger partial charge >= 0.3 is 5.97 Å². The van der Waals surface area contributed by atoms with E-state index in [1.165, 1.54) is 0 Å². The number of esters is 1. The molecule has 0 aliphatic carbocycles. The van der Waals surface area contributed by atoms with Crippen LogP contribution in [0.15, 0.2) is 22.7 Å². The third-order valence-corrected chi connectivity index (χ3v) is 2.83. The summed E-state index contributed by atoms with van der Waals surface area (Å²) in [5.41, 5.74) is 7.35. The van der Waals surface area contributed by atoms with Gasteiger partial charge in [0, 0.05) is 4.47 Å². The van der Waals surface area contributed by atoms with Gasteiger partial charge in [0.2, 0.25) is 5.95 Å². The standard InChI is InChI=1S/C11H12BrN3O2/c1-2-17-10(16)6-15-9-5-7(12)3-4-8(9)14-11(15)13/h3-5H,2,6H2,1H3,(H2,13,14). The second-order valence-electron chi connectivity index (χ2n) is 3.49. The molecule has 0 aliphatic rings. The number of hydrogen-bond acceptors (Lipinski definition) is 4. The molecular formula is C11H12BrN3O2. The van der Waals surface area contributed by atoms with Crippen LogP contribution in [0.2, 0.25) is 0 Å². The fourth-order valence-electron chi connectivity index (χ4n) is 1.62. The lowest BCUT2D eigenvalue weighted by atomic mass is 10.3. The van der Waals surface area contributed by atoms with Gasteiger partial charge in [-0.1, -0.05) is 15.9 Å². The van der Waals surface area contributed by atoms with Gasteiger partial charge in [0.25, 0.3) is 0 Å². The van der Waals surface area contributed by atoms with Crippen molar-refractivity contribution in [2.75, 3.05) is 12.3 Å². The number of hydrogen-bond donors (Lipinski definition) is 1. The third-order valence-electron chi connectivity index (χ3n) is 2.33. The second-order valence-corrected chi connectivity index (χ2v) is 4.41. The normalized spacial score (nSPS) is 10.7. The first kappa shape index (κ1) is 11.9. The lowest BCUT2D eigenvalue weighted by Gasteiger charge is -2.05. The van der Waals surface area contributed by atoms with Crippen LogP contribution >= 0.6 is 15.9 Å². The van der Waals surface area contributed by atoms with Gasteiger partial charge in [-0.05, 0) is 25.1 Å². The Morgan fingerprint density at radius 1 is 1.59 bits per heavy atom. The van der Waals surface area contributed by atoms with Crippen LogP contribution < -0.4 is 5.73 Å². The molecule has 2 N–H and O–H groups in total. The highest BCUT2D eigenvalue weighted by Crippen LogP contribution is 2.22. The molecule has 0 bridgehead atoms. The SMILES string of the molecule is CCOC(=O)Cn1c(N)nc2ccc(Br)cc21. The number of halogens is 1. The summed E-state index contributed by atoms with van der Waals surface area (Å²) in [5.74, 6) is -0.00960. The van der Waals surface area contributed by atoms with Gasteiger partial charge in [0.1, 0.15) is 6.54 Å². The zero-order chi connectivity index (χ0) is 12.4. The van der Waals surface area contributed by atoms with Crippen LogP contribution in [0.5, 0.6) is 0 Å². The summed E-state index contributed by atoms with van der Waals surface area (Å²) in [5, 5.41) is 0. The van der Waals surface area contributed by atoms with E-state index in [0.717, 1.165) is 15.5 Å². The summed E-state index contributed by atoms with van der Waals surface area (Å²) in [6.45, 7) is 2.20. The molecule has 0 aliphatic heterocycles. The van der Waals surface area contributed by atoms with Gasteiger partial charge in [-0.15, -0.1) is 0 Å². The molecule has 6 heteroatoms. The smallest absolute Gasteiger partial charge is 0.326 e. The Bertz CT molecular complexity index is 565. The molecule has 0 saturated heterocycles. The summed E-state index contributed by atoms with van der Waals surface area (Å²) in [6.07, 6.45) is 0. The van der Waals surface area contributed by atoms with Crippen molar-refractivity contribution in [2.45, 2.75) is 13.5 Å². The van der Waals surface area contributed by atoms with Crippen molar-refractivity contribution >= 4 is 38.9 Å². The Morgan fingerprint density at radius 3 is 3.06 bits per heavy atom. The maximum absolute atomic E-state index is 11.5. The van der Waals surface area contributed by atoms with Crippen LogP contribution in [0.25, 0.3) is 11.0 Å². The minimum Gasteiger partial charge on any atom is -0.465 e. The van der Waals surface area contributed by atoms with E-state index in [4.69, 9.17) is 10.5 Å². The number of nitrogens with two attached hydrogens (primary N) is 1. The number of nitrogens with zero attached hydrogens (tertiary/aromatic N) is 2. The highest BCUT2D eigenvalue weighted by Gasteiger charge is 2.12. The lowest BCUT2D eigenvalue weighted by molar-refractivity contribution is -0.143. The minimum absolute atomic E-state index is 0.0760. The fraction of sp³-hybridized carbons (Fsp3) is 0.273. The highest BCUT2D eigenvalue weighted by molar-refractivity contribution is 9.10. The van der Waals surface area contributed by atoms with E-state index in [1.54, 1.807) is 11.5 Å². The number of fused-ring (bicyclic) bond motifs is 1. The van der Waals surface area contributed by atoms with Crippen LogP contribution in [-0.4, -0.2) is 22.1 Å². The monoisotopic (exact) mass is 297 g/mol. The first-order valence-corrected chi connectivity index (χ1v) is 5.98. The number of rotatable bonds is 3. The number of carbonyl (C=O) groups excluding carboxylic acids is 1. The van der Waals surface area contributed by atoms with E-state index in [9.17, 15) is 4.79 Å². The molecule has 0 spiro atoms. The fourth-order valence-corrected chi connectivity index (χ4v) is 1.97. The van der Waals surface area contributed by atoms with E-state index >= 15 is 0 Å². The lowest BCUT2D eigenvalue weighted by Crippen LogP contribution is -2.15. The van der Waals surface area contributed by atoms with E-state index in [0.29, 0.717) is 12.6 Å². The molecule has 90 valence electrons.